The van der Waals surface area contributed by atoms with Gasteiger partial charge in [0.25, 0.3) is 0 Å². The van der Waals surface area contributed by atoms with Crippen molar-refractivity contribution in [2.45, 2.75) is 31.3 Å². The molecular formula is C21H22O4. The summed E-state index contributed by atoms with van der Waals surface area (Å²) in [6.45, 7) is 1.95. The lowest BCUT2D eigenvalue weighted by Crippen LogP contribution is -2.45. The molecule has 1 aliphatic rings. The van der Waals surface area contributed by atoms with Crippen LogP contribution < -0.4 is 0 Å². The van der Waals surface area contributed by atoms with Gasteiger partial charge in [0.2, 0.25) is 0 Å². The van der Waals surface area contributed by atoms with Gasteiger partial charge in [-0.1, -0.05) is 60.7 Å². The molecule has 0 aromatic heterocycles. The number of rotatable bonds is 4. The second kappa shape index (κ2) is 7.19. The van der Waals surface area contributed by atoms with Gasteiger partial charge in [-0.3, -0.25) is 9.59 Å². The van der Waals surface area contributed by atoms with Crippen molar-refractivity contribution in [1.82, 2.24) is 0 Å². The maximum atomic E-state index is 12.8. The quantitative estimate of drug-likeness (QED) is 0.687. The lowest BCUT2D eigenvalue weighted by molar-refractivity contribution is -0.158. The zero-order valence-electron chi connectivity index (χ0n) is 14.2. The monoisotopic (exact) mass is 338 g/mol. The summed E-state index contributed by atoms with van der Waals surface area (Å²) in [5, 5.41) is 11.2. The van der Waals surface area contributed by atoms with Gasteiger partial charge in [-0.15, -0.1) is 0 Å². The molecule has 2 aromatic rings. The van der Waals surface area contributed by atoms with Crippen LogP contribution in [0.4, 0.5) is 0 Å². The van der Waals surface area contributed by atoms with Crippen LogP contribution in [0.2, 0.25) is 0 Å². The molecule has 0 heterocycles. The summed E-state index contributed by atoms with van der Waals surface area (Å²) in [4.78, 5) is 25.2. The minimum atomic E-state index is -1.28. The molecule has 1 fully saturated rings. The van der Waals surface area contributed by atoms with Crippen molar-refractivity contribution in [1.29, 1.82) is 0 Å². The average molecular weight is 338 g/mol. The third kappa shape index (κ3) is 3.49. The summed E-state index contributed by atoms with van der Waals surface area (Å²) in [6, 6.07) is 18.6. The van der Waals surface area contributed by atoms with E-state index >= 15 is 0 Å². The first-order valence-corrected chi connectivity index (χ1v) is 8.57. The highest BCUT2D eigenvalue weighted by molar-refractivity contribution is 6.01. The van der Waals surface area contributed by atoms with Crippen LogP contribution in [0.5, 0.6) is 0 Å². The Labute approximate surface area is 147 Å². The molecule has 1 aliphatic carbocycles. The van der Waals surface area contributed by atoms with E-state index in [9.17, 15) is 14.7 Å². The van der Waals surface area contributed by atoms with Crippen LogP contribution in [-0.4, -0.2) is 23.5 Å². The number of esters is 1. The van der Waals surface area contributed by atoms with Gasteiger partial charge >= 0.3 is 5.97 Å². The summed E-state index contributed by atoms with van der Waals surface area (Å²) in [5.41, 5.74) is 0.288. The Morgan fingerprint density at radius 2 is 1.72 bits per heavy atom. The minimum absolute atomic E-state index is 0.0795. The smallest absolute Gasteiger partial charge is 0.317 e. The molecule has 0 aliphatic heterocycles. The maximum Gasteiger partial charge on any atom is 0.317 e. The molecule has 0 unspecified atom stereocenters. The molecule has 1 saturated carbocycles. The fraction of sp³-hybridized carbons (Fsp3) is 0.333. The normalized spacial score (nSPS) is 26.2. The third-order valence-corrected chi connectivity index (χ3v) is 4.85. The lowest BCUT2D eigenvalue weighted by Gasteiger charge is -2.40. The molecule has 0 radical (unpaired) electrons. The zero-order chi connectivity index (χ0) is 17.9. The molecule has 0 saturated heterocycles. The number of Topliss-reactive ketones (excluding diaryl/α,β-unsaturated/α-hetero) is 1. The zero-order valence-corrected chi connectivity index (χ0v) is 14.2. The summed E-state index contributed by atoms with van der Waals surface area (Å²) >= 11 is 0. The Balaban J connectivity index is 2.01. The van der Waals surface area contributed by atoms with E-state index in [1.54, 1.807) is 6.92 Å². The van der Waals surface area contributed by atoms with Crippen molar-refractivity contribution in [3.8, 4) is 0 Å². The van der Waals surface area contributed by atoms with Gasteiger partial charge in [-0.2, -0.15) is 0 Å². The van der Waals surface area contributed by atoms with Crippen LogP contribution in [0.3, 0.4) is 0 Å². The van der Waals surface area contributed by atoms with Gasteiger partial charge in [0.15, 0.2) is 5.78 Å². The number of carbonyl (C=O) groups is 2. The van der Waals surface area contributed by atoms with Crippen LogP contribution in [-0.2, 0) is 19.9 Å². The van der Waals surface area contributed by atoms with E-state index in [1.165, 1.54) is 0 Å². The highest BCUT2D eigenvalue weighted by Gasteiger charge is 2.49. The molecule has 25 heavy (non-hydrogen) atoms. The van der Waals surface area contributed by atoms with E-state index in [2.05, 4.69) is 0 Å². The molecule has 0 bridgehead atoms. The van der Waals surface area contributed by atoms with Crippen LogP contribution in [0.25, 0.3) is 0 Å². The third-order valence-electron chi connectivity index (χ3n) is 4.85. The Hall–Kier alpha value is -2.46. The molecular weight excluding hydrogens is 316 g/mol. The number of ether oxygens (including phenoxy) is 1. The number of carbonyl (C=O) groups excluding carboxylic acids is 2. The number of hydrogen-bond donors (Lipinski definition) is 1. The lowest BCUT2D eigenvalue weighted by atomic mass is 9.66. The van der Waals surface area contributed by atoms with Crippen molar-refractivity contribution < 1.29 is 19.4 Å². The molecule has 0 amide bonds. The summed E-state index contributed by atoms with van der Waals surface area (Å²) in [7, 11) is 0. The fourth-order valence-corrected chi connectivity index (χ4v) is 3.68. The van der Waals surface area contributed by atoms with Crippen LogP contribution >= 0.6 is 0 Å². The van der Waals surface area contributed by atoms with E-state index in [4.69, 9.17) is 4.74 Å². The highest BCUT2D eigenvalue weighted by atomic mass is 16.5. The predicted octanol–water partition coefficient (Wildman–Crippen LogP) is 3.20. The Morgan fingerprint density at radius 1 is 1.12 bits per heavy atom. The Morgan fingerprint density at radius 3 is 2.32 bits per heavy atom. The molecule has 3 rings (SSSR count). The largest absolute Gasteiger partial charge is 0.465 e. The van der Waals surface area contributed by atoms with Crippen LogP contribution in [0.1, 0.15) is 36.8 Å². The first-order valence-electron chi connectivity index (χ1n) is 8.57. The standard InChI is InChI=1S/C21H22O4/c1-2-25-20(23)19-17(15-9-5-3-6-10-15)13-21(24,14-18(19)22)16-11-7-4-8-12-16/h3-12,17,19,24H,2,13-14H2,1H3/t17-,19+,21-/m1/s1. The first kappa shape index (κ1) is 17.4. The fourth-order valence-electron chi connectivity index (χ4n) is 3.68. The molecule has 4 nitrogen and oxygen atoms in total. The van der Waals surface area contributed by atoms with Gasteiger partial charge in [0, 0.05) is 12.3 Å². The van der Waals surface area contributed by atoms with Crippen molar-refractivity contribution >= 4 is 11.8 Å². The molecule has 1 N–H and O–H groups in total. The van der Waals surface area contributed by atoms with Crippen molar-refractivity contribution in [2.24, 2.45) is 5.92 Å². The van der Waals surface area contributed by atoms with Crippen molar-refractivity contribution in [3.63, 3.8) is 0 Å². The molecule has 130 valence electrons. The average Bonchev–Trinajstić information content (AvgIpc) is 2.63. The summed E-state index contributed by atoms with van der Waals surface area (Å²) in [6.07, 6.45) is 0.222. The number of benzene rings is 2. The molecule has 4 heteroatoms. The second-order valence-corrected chi connectivity index (χ2v) is 6.49. The van der Waals surface area contributed by atoms with Gasteiger partial charge in [0.05, 0.1) is 12.2 Å². The maximum absolute atomic E-state index is 12.8. The molecule has 3 atom stereocenters. The number of ketones is 1. The Bertz CT molecular complexity index is 741. The van der Waals surface area contributed by atoms with E-state index in [-0.39, 0.29) is 18.8 Å². The van der Waals surface area contributed by atoms with Crippen LogP contribution in [0.15, 0.2) is 60.7 Å². The van der Waals surface area contributed by atoms with Gasteiger partial charge < -0.3 is 9.84 Å². The number of hydrogen-bond acceptors (Lipinski definition) is 4. The van der Waals surface area contributed by atoms with Crippen molar-refractivity contribution in [3.05, 3.63) is 71.8 Å². The van der Waals surface area contributed by atoms with Gasteiger partial charge in [-0.25, -0.2) is 0 Å². The molecule has 0 spiro atoms. The number of aliphatic hydroxyl groups is 1. The van der Waals surface area contributed by atoms with E-state index < -0.39 is 23.4 Å². The Kier molecular flexibility index (Phi) is 5.00. The first-order chi connectivity index (χ1) is 12.0. The second-order valence-electron chi connectivity index (χ2n) is 6.49. The highest BCUT2D eigenvalue weighted by Crippen LogP contribution is 2.46. The van der Waals surface area contributed by atoms with E-state index in [0.717, 1.165) is 5.56 Å². The van der Waals surface area contributed by atoms with E-state index in [0.29, 0.717) is 12.0 Å². The van der Waals surface area contributed by atoms with Crippen LogP contribution in [0, 0.1) is 5.92 Å². The SMILES string of the molecule is CCOC(=O)[C@@H]1C(=O)C[C@@](O)(c2ccccc2)C[C@@H]1c1ccccc1. The van der Waals surface area contributed by atoms with E-state index in [1.807, 2.05) is 60.7 Å². The summed E-state index contributed by atoms with van der Waals surface area (Å²) < 4.78 is 5.14. The topological polar surface area (TPSA) is 63.6 Å². The van der Waals surface area contributed by atoms with Gasteiger partial charge in [0.1, 0.15) is 5.92 Å². The minimum Gasteiger partial charge on any atom is -0.465 e. The molecule has 2 aromatic carbocycles. The predicted molar refractivity (Wildman–Crippen MR) is 93.9 cm³/mol. The van der Waals surface area contributed by atoms with Gasteiger partial charge in [-0.05, 0) is 24.5 Å². The summed E-state index contributed by atoms with van der Waals surface area (Å²) in [5.74, 6) is -2.06. The van der Waals surface area contributed by atoms with Crippen molar-refractivity contribution in [2.75, 3.05) is 6.61 Å².